The summed E-state index contributed by atoms with van der Waals surface area (Å²) < 4.78 is 38.4. The molecule has 0 fully saturated rings. The van der Waals surface area contributed by atoms with Crippen molar-refractivity contribution in [1.82, 2.24) is 4.98 Å². The number of pyridine rings is 1. The molecule has 0 spiro atoms. The lowest BCUT2D eigenvalue weighted by Crippen LogP contribution is -2.13. The van der Waals surface area contributed by atoms with E-state index in [9.17, 15) is 19.2 Å². The monoisotopic (exact) mass is 633 g/mol. The smallest absolute Gasteiger partial charge is 0.306 e. The van der Waals surface area contributed by atoms with Gasteiger partial charge in [-0.3, -0.25) is 19.2 Å². The van der Waals surface area contributed by atoms with E-state index in [0.717, 1.165) is 11.3 Å². The number of ketones is 2. The Morgan fingerprint density at radius 3 is 2.30 bits per heavy atom. The second kappa shape index (κ2) is 13.8. The Labute approximate surface area is 252 Å². The molecule has 43 heavy (non-hydrogen) atoms. The lowest BCUT2D eigenvalue weighted by molar-refractivity contribution is -0.141. The topological polar surface area (TPSA) is 159 Å². The van der Waals surface area contributed by atoms with Gasteiger partial charge in [0, 0.05) is 30.7 Å². The van der Waals surface area contributed by atoms with Crippen molar-refractivity contribution in [3.63, 3.8) is 0 Å². The summed E-state index contributed by atoms with van der Waals surface area (Å²) in [5, 5.41) is 18.4. The highest BCUT2D eigenvalue weighted by Gasteiger charge is 2.22. The second-order valence-electron chi connectivity index (χ2n) is 9.47. The number of carbonyl (C=O) groups excluding carboxylic acids is 2. The Kier molecular flexibility index (Phi) is 10.1. The number of carbonyl (C=O) groups is 4. The van der Waals surface area contributed by atoms with Gasteiger partial charge in [-0.2, -0.15) is 0 Å². The van der Waals surface area contributed by atoms with Gasteiger partial charge in [-0.15, -0.1) is 22.7 Å². The van der Waals surface area contributed by atoms with Crippen LogP contribution in [-0.2, 0) is 9.59 Å². The molecule has 0 aliphatic heterocycles. The molecule has 0 aliphatic carbocycles. The zero-order valence-electron chi connectivity index (χ0n) is 23.4. The van der Waals surface area contributed by atoms with Crippen LogP contribution in [0.25, 0.3) is 20.3 Å². The number of benzene rings is 1. The number of methoxy groups -OCH3 is 2. The molecule has 0 aliphatic rings. The van der Waals surface area contributed by atoms with Crippen molar-refractivity contribution in [2.45, 2.75) is 32.6 Å². The average Bonchev–Trinajstić information content (AvgIpc) is 3.60. The van der Waals surface area contributed by atoms with Gasteiger partial charge in [0.2, 0.25) is 0 Å². The molecule has 0 amide bonds. The number of ether oxygens (including phenoxy) is 4. The fourth-order valence-corrected chi connectivity index (χ4v) is 6.09. The quantitative estimate of drug-likeness (QED) is 0.112. The van der Waals surface area contributed by atoms with E-state index in [1.165, 1.54) is 38.5 Å². The minimum atomic E-state index is -1.09. The summed E-state index contributed by atoms with van der Waals surface area (Å²) in [4.78, 5) is 51.8. The first kappa shape index (κ1) is 31.6. The highest BCUT2D eigenvalue weighted by Crippen LogP contribution is 2.41. The van der Waals surface area contributed by atoms with Crippen LogP contribution in [-0.4, -0.2) is 66.1 Å². The van der Waals surface area contributed by atoms with E-state index < -0.39 is 23.7 Å². The van der Waals surface area contributed by atoms with Gasteiger partial charge in [0.05, 0.1) is 64.4 Å². The van der Waals surface area contributed by atoms with E-state index in [1.807, 2.05) is 0 Å². The minimum absolute atomic E-state index is 0.0615. The predicted molar refractivity (Wildman–Crippen MR) is 157 cm³/mol. The van der Waals surface area contributed by atoms with Crippen molar-refractivity contribution in [3.8, 4) is 23.1 Å². The number of carboxylic acids is 2. The molecule has 0 bridgehead atoms. The molecule has 11 nitrogen and oxygen atoms in total. The van der Waals surface area contributed by atoms with Gasteiger partial charge in [-0.1, -0.05) is 6.92 Å². The Hall–Kier alpha value is -4.30. The number of halogens is 1. The van der Waals surface area contributed by atoms with Crippen molar-refractivity contribution in [1.29, 1.82) is 0 Å². The molecule has 0 radical (unpaired) electrons. The zero-order chi connectivity index (χ0) is 31.3. The molecule has 228 valence electrons. The van der Waals surface area contributed by atoms with Crippen molar-refractivity contribution < 1.29 is 52.7 Å². The van der Waals surface area contributed by atoms with E-state index in [-0.39, 0.29) is 71.0 Å². The normalized spacial score (nSPS) is 11.8. The standard InChI is InChI=1S/C29H28FNO10S2/c1-14(29(36)37)9-18(33)23-12-16-21(42-23)13-20(28(31-16)39-3)40-7-4-8-41-26-19(38-2)10-15-11-22(43-27(15)25(26)30)17(32)5-6-24(34)35/h10-14H,4-9H2,1-3H3,(H,34,35)(H,36,37)/t14-/m0/s1. The molecule has 4 rings (SSSR count). The van der Waals surface area contributed by atoms with E-state index in [4.69, 9.17) is 29.2 Å². The fraction of sp³-hybridized carbons (Fsp3) is 0.345. The van der Waals surface area contributed by atoms with E-state index >= 15 is 4.39 Å². The van der Waals surface area contributed by atoms with Gasteiger partial charge in [-0.25, -0.2) is 9.37 Å². The first-order valence-corrected chi connectivity index (χ1v) is 14.7. The maximum Gasteiger partial charge on any atom is 0.306 e. The molecule has 14 heteroatoms. The zero-order valence-corrected chi connectivity index (χ0v) is 25.1. The van der Waals surface area contributed by atoms with E-state index in [2.05, 4.69) is 4.98 Å². The van der Waals surface area contributed by atoms with Crippen LogP contribution in [0.5, 0.6) is 23.1 Å². The molecule has 3 heterocycles. The van der Waals surface area contributed by atoms with Gasteiger partial charge in [0.25, 0.3) is 5.88 Å². The van der Waals surface area contributed by atoms with Gasteiger partial charge in [0.1, 0.15) is 0 Å². The molecule has 1 atom stereocenters. The predicted octanol–water partition coefficient (Wildman–Crippen LogP) is 5.86. The Balaban J connectivity index is 1.40. The number of nitrogens with zero attached hydrogens (tertiary/aromatic N) is 1. The Bertz CT molecular complexity index is 1700. The summed E-state index contributed by atoms with van der Waals surface area (Å²) in [5.74, 6) is -3.74. The summed E-state index contributed by atoms with van der Waals surface area (Å²) in [6.07, 6.45) is -0.283. The van der Waals surface area contributed by atoms with Crippen molar-refractivity contribution >= 4 is 66.5 Å². The van der Waals surface area contributed by atoms with E-state index in [1.54, 1.807) is 18.2 Å². The third kappa shape index (κ3) is 7.38. The molecule has 2 N–H and O–H groups in total. The third-order valence-corrected chi connectivity index (χ3v) is 8.64. The van der Waals surface area contributed by atoms with Crippen LogP contribution >= 0.6 is 22.7 Å². The minimum Gasteiger partial charge on any atom is -0.493 e. The fourth-order valence-electron chi connectivity index (χ4n) is 4.07. The van der Waals surface area contributed by atoms with Crippen molar-refractivity contribution in [3.05, 3.63) is 39.8 Å². The average molecular weight is 634 g/mol. The summed E-state index contributed by atoms with van der Waals surface area (Å²) in [5.41, 5.74) is 0.516. The van der Waals surface area contributed by atoms with Crippen LogP contribution in [0.1, 0.15) is 52.0 Å². The van der Waals surface area contributed by atoms with Gasteiger partial charge >= 0.3 is 11.9 Å². The van der Waals surface area contributed by atoms with Crippen molar-refractivity contribution in [2.75, 3.05) is 27.4 Å². The number of aromatic nitrogens is 1. The number of Topliss-reactive ketones (excluding diaryl/α,β-unsaturated/α-hetero) is 2. The summed E-state index contributed by atoms with van der Waals surface area (Å²) in [7, 11) is 2.80. The van der Waals surface area contributed by atoms with Crippen molar-refractivity contribution in [2.24, 2.45) is 5.92 Å². The summed E-state index contributed by atoms with van der Waals surface area (Å²) in [6, 6.07) is 6.35. The molecule has 4 aromatic rings. The van der Waals surface area contributed by atoms with Crippen LogP contribution < -0.4 is 18.9 Å². The number of aliphatic carboxylic acids is 2. The molecule has 0 unspecified atom stereocenters. The highest BCUT2D eigenvalue weighted by molar-refractivity contribution is 7.21. The molecule has 0 saturated carbocycles. The molecular weight excluding hydrogens is 605 g/mol. The van der Waals surface area contributed by atoms with Crippen LogP contribution in [0.3, 0.4) is 0 Å². The maximum absolute atomic E-state index is 15.4. The summed E-state index contributed by atoms with van der Waals surface area (Å²) in [6.45, 7) is 1.69. The number of rotatable bonds is 16. The first-order chi connectivity index (χ1) is 20.5. The number of thiophene rings is 2. The van der Waals surface area contributed by atoms with Crippen LogP contribution in [0.4, 0.5) is 4.39 Å². The molecule has 1 aromatic carbocycles. The second-order valence-corrected chi connectivity index (χ2v) is 11.6. The number of hydrogen-bond acceptors (Lipinski definition) is 11. The highest BCUT2D eigenvalue weighted by atomic mass is 32.1. The molecule has 0 saturated heterocycles. The lowest BCUT2D eigenvalue weighted by atomic mass is 10.0. The SMILES string of the molecule is COc1cc2cc(C(=O)CCC(=O)O)sc2c(F)c1OCCCOc1cc2sc(C(=O)C[C@H](C)C(=O)O)cc2nc1OC. The Morgan fingerprint density at radius 2 is 1.63 bits per heavy atom. The first-order valence-electron chi connectivity index (χ1n) is 13.1. The molecular formula is C29H28FNO10S2. The lowest BCUT2D eigenvalue weighted by Gasteiger charge is -2.13. The maximum atomic E-state index is 15.4. The van der Waals surface area contributed by atoms with Crippen LogP contribution in [0.15, 0.2) is 24.3 Å². The van der Waals surface area contributed by atoms with Gasteiger partial charge in [-0.05, 0) is 18.2 Å². The molecule has 3 aromatic heterocycles. The summed E-state index contributed by atoms with van der Waals surface area (Å²) >= 11 is 2.11. The third-order valence-electron chi connectivity index (χ3n) is 6.34. The number of fused-ring (bicyclic) bond motifs is 2. The number of hydrogen-bond donors (Lipinski definition) is 2. The number of carboxylic acid groups (broad SMARTS) is 2. The Morgan fingerprint density at radius 1 is 0.907 bits per heavy atom. The largest absolute Gasteiger partial charge is 0.493 e. The van der Waals surface area contributed by atoms with Crippen LogP contribution in [0.2, 0.25) is 0 Å². The van der Waals surface area contributed by atoms with Gasteiger partial charge in [0.15, 0.2) is 34.6 Å². The van der Waals surface area contributed by atoms with Gasteiger partial charge < -0.3 is 29.2 Å². The van der Waals surface area contributed by atoms with Crippen LogP contribution in [0, 0.1) is 11.7 Å². The van der Waals surface area contributed by atoms with E-state index in [0.29, 0.717) is 32.7 Å².